The van der Waals surface area contributed by atoms with Crippen molar-refractivity contribution in [1.29, 1.82) is 0 Å². The molecular formula is C37H75NO5. The molecule has 0 saturated carbocycles. The van der Waals surface area contributed by atoms with Gasteiger partial charge in [0, 0.05) is 0 Å². The number of nitrogens with one attached hydrogen (secondary N) is 1. The molecule has 0 aromatic heterocycles. The van der Waals surface area contributed by atoms with Crippen LogP contribution in [0, 0.1) is 0 Å². The minimum absolute atomic E-state index is 0.374. The standard InChI is InChI=1S/C37H75NO5/c1-3-5-7-9-10-11-12-13-14-15-16-17-18-19-20-21-22-23-24-25-27-29-31-35(41)37(43)38-33(32-39)36(42)34(40)30-28-26-8-6-4-2/h33-36,39-42H,3-32H2,1-2H3,(H,38,43). The third kappa shape index (κ3) is 27.4. The van der Waals surface area contributed by atoms with Gasteiger partial charge in [-0.05, 0) is 12.8 Å². The van der Waals surface area contributed by atoms with Crippen LogP contribution < -0.4 is 5.32 Å². The lowest BCUT2D eigenvalue weighted by Gasteiger charge is -2.27. The van der Waals surface area contributed by atoms with Crippen molar-refractivity contribution >= 4 is 5.91 Å². The summed E-state index contributed by atoms with van der Waals surface area (Å²) in [6, 6.07) is -0.975. The number of aliphatic hydroxyl groups is 4. The summed E-state index contributed by atoms with van der Waals surface area (Å²) in [7, 11) is 0. The van der Waals surface area contributed by atoms with Gasteiger partial charge in [0.05, 0.1) is 18.8 Å². The fourth-order valence-corrected chi connectivity index (χ4v) is 5.99. The van der Waals surface area contributed by atoms with Gasteiger partial charge in [-0.3, -0.25) is 4.79 Å². The Morgan fingerprint density at radius 3 is 1.12 bits per heavy atom. The molecule has 0 rings (SSSR count). The largest absolute Gasteiger partial charge is 0.394 e. The Hall–Kier alpha value is -0.690. The maximum atomic E-state index is 12.4. The number of carbonyl (C=O) groups is 1. The maximum Gasteiger partial charge on any atom is 0.249 e. The second kappa shape index (κ2) is 32.7. The molecule has 0 aromatic carbocycles. The molecule has 258 valence electrons. The number of carbonyl (C=O) groups excluding carboxylic acids is 1. The molecule has 0 fully saturated rings. The summed E-state index contributed by atoms with van der Waals surface area (Å²) in [6.45, 7) is 3.95. The number of hydrogen-bond acceptors (Lipinski definition) is 5. The average molecular weight is 614 g/mol. The van der Waals surface area contributed by atoms with Crippen LogP contribution in [0.2, 0.25) is 0 Å². The third-order valence-corrected chi connectivity index (χ3v) is 9.07. The molecule has 0 aromatic rings. The van der Waals surface area contributed by atoms with Crippen molar-refractivity contribution < 1.29 is 25.2 Å². The van der Waals surface area contributed by atoms with Gasteiger partial charge in [0.15, 0.2) is 0 Å². The van der Waals surface area contributed by atoms with E-state index in [1.807, 2.05) is 0 Å². The molecule has 43 heavy (non-hydrogen) atoms. The highest BCUT2D eigenvalue weighted by molar-refractivity contribution is 5.80. The van der Waals surface area contributed by atoms with Gasteiger partial charge in [-0.2, -0.15) is 0 Å². The van der Waals surface area contributed by atoms with E-state index in [9.17, 15) is 25.2 Å². The van der Waals surface area contributed by atoms with Crippen LogP contribution in [0.15, 0.2) is 0 Å². The lowest BCUT2D eigenvalue weighted by atomic mass is 9.99. The number of amides is 1. The molecular weight excluding hydrogens is 538 g/mol. The molecule has 0 aliphatic heterocycles. The number of unbranched alkanes of at least 4 members (excludes halogenated alkanes) is 25. The van der Waals surface area contributed by atoms with E-state index >= 15 is 0 Å². The van der Waals surface area contributed by atoms with Gasteiger partial charge in [-0.1, -0.05) is 187 Å². The quantitative estimate of drug-likeness (QED) is 0.0466. The second-order valence-electron chi connectivity index (χ2n) is 13.3. The van der Waals surface area contributed by atoms with E-state index < -0.39 is 36.9 Å². The highest BCUT2D eigenvalue weighted by atomic mass is 16.3. The third-order valence-electron chi connectivity index (χ3n) is 9.07. The minimum Gasteiger partial charge on any atom is -0.394 e. The molecule has 0 heterocycles. The van der Waals surface area contributed by atoms with E-state index in [1.165, 1.54) is 122 Å². The Balaban J connectivity index is 3.58. The van der Waals surface area contributed by atoms with E-state index in [2.05, 4.69) is 19.2 Å². The van der Waals surface area contributed by atoms with E-state index in [0.29, 0.717) is 12.8 Å². The zero-order chi connectivity index (χ0) is 31.8. The Morgan fingerprint density at radius 2 is 0.791 bits per heavy atom. The summed E-state index contributed by atoms with van der Waals surface area (Å²) in [4.78, 5) is 12.4. The molecule has 0 bridgehead atoms. The van der Waals surface area contributed by atoms with Gasteiger partial charge in [-0.25, -0.2) is 0 Å². The van der Waals surface area contributed by atoms with Crippen molar-refractivity contribution in [1.82, 2.24) is 5.32 Å². The molecule has 1 amide bonds. The molecule has 4 unspecified atom stereocenters. The van der Waals surface area contributed by atoms with Gasteiger partial charge in [0.2, 0.25) is 5.91 Å². The van der Waals surface area contributed by atoms with Crippen LogP contribution in [-0.4, -0.2) is 57.3 Å². The SMILES string of the molecule is CCCCCCCCCCCCCCCCCCCCCCCCC(O)C(=O)NC(CO)C(O)C(O)CCCCCCC. The lowest BCUT2D eigenvalue weighted by molar-refractivity contribution is -0.132. The predicted molar refractivity (Wildman–Crippen MR) is 182 cm³/mol. The molecule has 0 saturated heterocycles. The summed E-state index contributed by atoms with van der Waals surface area (Å²) in [6.07, 6.45) is 31.8. The van der Waals surface area contributed by atoms with Crippen molar-refractivity contribution in [3.05, 3.63) is 0 Å². The Morgan fingerprint density at radius 1 is 0.488 bits per heavy atom. The normalized spacial score (nSPS) is 14.5. The number of rotatable bonds is 34. The predicted octanol–water partition coefficient (Wildman–Crippen LogP) is 8.90. The zero-order valence-corrected chi connectivity index (χ0v) is 28.7. The summed E-state index contributed by atoms with van der Waals surface area (Å²) in [5, 5.41) is 43.0. The fourth-order valence-electron chi connectivity index (χ4n) is 5.99. The second-order valence-corrected chi connectivity index (χ2v) is 13.3. The molecule has 5 N–H and O–H groups in total. The average Bonchev–Trinajstić information content (AvgIpc) is 3.01. The van der Waals surface area contributed by atoms with Crippen LogP contribution in [-0.2, 0) is 4.79 Å². The summed E-state index contributed by atoms with van der Waals surface area (Å²) in [5.41, 5.74) is 0. The molecule has 0 radical (unpaired) electrons. The van der Waals surface area contributed by atoms with Crippen LogP contribution in [0.5, 0.6) is 0 Å². The first-order valence-corrected chi connectivity index (χ1v) is 18.9. The number of aliphatic hydroxyl groups excluding tert-OH is 4. The van der Waals surface area contributed by atoms with Crippen LogP contribution >= 0.6 is 0 Å². The molecule has 4 atom stereocenters. The highest BCUT2D eigenvalue weighted by Gasteiger charge is 2.28. The molecule has 0 spiro atoms. The van der Waals surface area contributed by atoms with Crippen molar-refractivity contribution in [3.8, 4) is 0 Å². The number of hydrogen-bond donors (Lipinski definition) is 5. The lowest BCUT2D eigenvalue weighted by Crippen LogP contribution is -2.53. The minimum atomic E-state index is -1.25. The van der Waals surface area contributed by atoms with Gasteiger partial charge in [0.1, 0.15) is 12.2 Å². The van der Waals surface area contributed by atoms with Crippen LogP contribution in [0.1, 0.15) is 200 Å². The van der Waals surface area contributed by atoms with Crippen LogP contribution in [0.3, 0.4) is 0 Å². The smallest absolute Gasteiger partial charge is 0.249 e. The van der Waals surface area contributed by atoms with Gasteiger partial charge in [-0.15, -0.1) is 0 Å². The molecule has 6 nitrogen and oxygen atoms in total. The van der Waals surface area contributed by atoms with Crippen LogP contribution in [0.25, 0.3) is 0 Å². The molecule has 0 aliphatic carbocycles. The summed E-state index contributed by atoms with van der Waals surface area (Å²) in [5.74, 6) is -0.586. The van der Waals surface area contributed by atoms with Crippen molar-refractivity contribution in [3.63, 3.8) is 0 Å². The summed E-state index contributed by atoms with van der Waals surface area (Å²) < 4.78 is 0. The zero-order valence-electron chi connectivity index (χ0n) is 28.7. The first kappa shape index (κ1) is 42.3. The summed E-state index contributed by atoms with van der Waals surface area (Å²) >= 11 is 0. The monoisotopic (exact) mass is 614 g/mol. The van der Waals surface area contributed by atoms with Gasteiger partial charge < -0.3 is 25.7 Å². The van der Waals surface area contributed by atoms with E-state index in [-0.39, 0.29) is 0 Å². The Kier molecular flexibility index (Phi) is 32.2. The highest BCUT2D eigenvalue weighted by Crippen LogP contribution is 2.16. The molecule has 6 heteroatoms. The molecule has 0 aliphatic rings. The Labute approximate surface area is 267 Å². The first-order valence-electron chi connectivity index (χ1n) is 18.9. The first-order chi connectivity index (χ1) is 21.0. The fraction of sp³-hybridized carbons (Fsp3) is 0.973. The van der Waals surface area contributed by atoms with Gasteiger partial charge >= 0.3 is 0 Å². The van der Waals surface area contributed by atoms with E-state index in [4.69, 9.17) is 0 Å². The van der Waals surface area contributed by atoms with Crippen molar-refractivity contribution in [2.24, 2.45) is 0 Å². The topological polar surface area (TPSA) is 110 Å². The van der Waals surface area contributed by atoms with E-state index in [1.54, 1.807) is 0 Å². The van der Waals surface area contributed by atoms with Crippen molar-refractivity contribution in [2.45, 2.75) is 224 Å². The Bertz CT molecular complexity index is 575. The van der Waals surface area contributed by atoms with Crippen molar-refractivity contribution in [2.75, 3.05) is 6.61 Å². The maximum absolute atomic E-state index is 12.4. The van der Waals surface area contributed by atoms with Gasteiger partial charge in [0.25, 0.3) is 0 Å². The van der Waals surface area contributed by atoms with E-state index in [0.717, 1.165) is 51.4 Å². The van der Waals surface area contributed by atoms with Crippen LogP contribution in [0.4, 0.5) is 0 Å².